The van der Waals surface area contributed by atoms with E-state index in [-0.39, 0.29) is 46.3 Å². The Labute approximate surface area is 230 Å². The van der Waals surface area contributed by atoms with Crippen LogP contribution in [0.15, 0.2) is 33.9 Å². The van der Waals surface area contributed by atoms with Crippen molar-refractivity contribution in [3.8, 4) is 0 Å². The fourth-order valence-electron chi connectivity index (χ4n) is 4.85. The van der Waals surface area contributed by atoms with E-state index in [1.807, 2.05) is 0 Å². The number of halogens is 4. The highest BCUT2D eigenvalue weighted by Crippen LogP contribution is 2.31. The lowest BCUT2D eigenvalue weighted by molar-refractivity contribution is -0.138. The number of rotatable bonds is 8. The van der Waals surface area contributed by atoms with Crippen molar-refractivity contribution < 1.29 is 27.9 Å². The molecule has 8 nitrogen and oxygen atoms in total. The lowest BCUT2D eigenvalue weighted by atomic mass is 9.93. The van der Waals surface area contributed by atoms with Crippen molar-refractivity contribution in [1.82, 2.24) is 14.0 Å². The number of piperidine rings is 1. The monoisotopic (exact) mass is 585 g/mol. The van der Waals surface area contributed by atoms with Crippen molar-refractivity contribution in [3.05, 3.63) is 66.1 Å². The first kappa shape index (κ1) is 28.9. The third-order valence-electron chi connectivity index (χ3n) is 7.01. The van der Waals surface area contributed by atoms with E-state index in [4.69, 9.17) is 16.7 Å². The van der Waals surface area contributed by atoms with E-state index in [2.05, 4.69) is 0 Å². The molecule has 1 aliphatic heterocycles. The summed E-state index contributed by atoms with van der Waals surface area (Å²) in [7, 11) is 0. The molecule has 13 heteroatoms. The Morgan fingerprint density at radius 2 is 1.72 bits per heavy atom. The van der Waals surface area contributed by atoms with Gasteiger partial charge in [0, 0.05) is 37.6 Å². The zero-order valence-corrected chi connectivity index (χ0v) is 22.7. The number of aliphatic carboxylic acids is 1. The maximum atomic E-state index is 13.5. The SMILES string of the molecule is Cc1c(C(=O)N2CCC(CC(=O)O)CC2)sc2c1c(=O)n(CCc1ccc(Cl)cc1)c(=O)n2CCC(F)(F)F. The second-order valence-electron chi connectivity index (χ2n) is 9.70. The fourth-order valence-corrected chi connectivity index (χ4v) is 6.27. The molecule has 0 bridgehead atoms. The average molecular weight is 586 g/mol. The Morgan fingerprint density at radius 1 is 1.08 bits per heavy atom. The summed E-state index contributed by atoms with van der Waals surface area (Å²) >= 11 is 6.76. The summed E-state index contributed by atoms with van der Waals surface area (Å²) in [5, 5.41) is 9.60. The van der Waals surface area contributed by atoms with Gasteiger partial charge < -0.3 is 10.0 Å². The zero-order valence-electron chi connectivity index (χ0n) is 21.1. The maximum Gasteiger partial charge on any atom is 0.390 e. The van der Waals surface area contributed by atoms with Crippen LogP contribution in [-0.4, -0.2) is 50.3 Å². The molecule has 0 radical (unpaired) electrons. The predicted molar refractivity (Wildman–Crippen MR) is 142 cm³/mol. The Balaban J connectivity index is 1.72. The molecule has 1 fully saturated rings. The van der Waals surface area contributed by atoms with Crippen molar-refractivity contribution in [3.63, 3.8) is 0 Å². The van der Waals surface area contributed by atoms with Gasteiger partial charge in [-0.1, -0.05) is 23.7 Å². The molecule has 0 unspecified atom stereocenters. The summed E-state index contributed by atoms with van der Waals surface area (Å²) < 4.78 is 41.3. The minimum atomic E-state index is -4.53. The van der Waals surface area contributed by atoms with Gasteiger partial charge in [-0.05, 0) is 55.4 Å². The number of carboxylic acid groups (broad SMARTS) is 1. The Morgan fingerprint density at radius 3 is 2.31 bits per heavy atom. The quantitative estimate of drug-likeness (QED) is 0.413. The van der Waals surface area contributed by atoms with E-state index < -0.39 is 36.4 Å². The van der Waals surface area contributed by atoms with Gasteiger partial charge in [0.1, 0.15) is 4.83 Å². The van der Waals surface area contributed by atoms with Gasteiger partial charge in [-0.25, -0.2) is 4.79 Å². The molecular formula is C26H27ClF3N3O5S. The van der Waals surface area contributed by atoms with Gasteiger partial charge in [0.25, 0.3) is 11.5 Å². The summed E-state index contributed by atoms with van der Waals surface area (Å²) in [6, 6.07) is 6.80. The summed E-state index contributed by atoms with van der Waals surface area (Å²) in [6.45, 7) is 1.48. The van der Waals surface area contributed by atoms with Crippen LogP contribution in [0.1, 0.15) is 46.5 Å². The molecule has 3 aromatic rings. The molecule has 3 heterocycles. The molecule has 1 aromatic carbocycles. The summed E-state index contributed by atoms with van der Waals surface area (Å²) in [5.41, 5.74) is -0.406. The van der Waals surface area contributed by atoms with Gasteiger partial charge in [0.05, 0.1) is 16.7 Å². The first-order chi connectivity index (χ1) is 18.4. The van der Waals surface area contributed by atoms with E-state index in [1.54, 1.807) is 36.1 Å². The Kier molecular flexibility index (Phi) is 8.55. The summed E-state index contributed by atoms with van der Waals surface area (Å²) in [6.07, 6.45) is -4.48. The standard InChI is InChI=1S/C26H27ClF3N3O5S/c1-15-20-22(36)32(12-8-16-2-4-18(27)5-3-16)25(38)33(13-9-26(28,29)30)24(20)39-21(15)23(37)31-10-6-17(7-11-31)14-19(34)35/h2-5,17H,6-14H2,1H3,(H,34,35). The number of amides is 1. The number of thiophene rings is 1. The number of hydrogen-bond acceptors (Lipinski definition) is 5. The van der Waals surface area contributed by atoms with Crippen LogP contribution in [0.25, 0.3) is 10.2 Å². The minimum Gasteiger partial charge on any atom is -0.481 e. The van der Waals surface area contributed by atoms with Crippen molar-refractivity contribution in [2.75, 3.05) is 13.1 Å². The number of aryl methyl sites for hydroxylation is 3. The molecule has 4 rings (SSSR count). The second kappa shape index (κ2) is 11.5. The number of hydrogen-bond donors (Lipinski definition) is 1. The van der Waals surface area contributed by atoms with E-state index in [9.17, 15) is 32.3 Å². The average Bonchev–Trinajstić information content (AvgIpc) is 3.21. The van der Waals surface area contributed by atoms with Crippen LogP contribution in [0.3, 0.4) is 0 Å². The van der Waals surface area contributed by atoms with E-state index in [1.165, 1.54) is 0 Å². The molecule has 0 atom stereocenters. The number of carbonyl (C=O) groups excluding carboxylic acids is 1. The van der Waals surface area contributed by atoms with Crippen LogP contribution < -0.4 is 11.2 Å². The predicted octanol–water partition coefficient (Wildman–Crippen LogP) is 4.71. The second-order valence-corrected chi connectivity index (χ2v) is 11.1. The molecular weight excluding hydrogens is 559 g/mol. The van der Waals surface area contributed by atoms with E-state index in [0.717, 1.165) is 26.0 Å². The summed E-state index contributed by atoms with van der Waals surface area (Å²) in [4.78, 5) is 53.0. The number of alkyl halides is 3. The lowest BCUT2D eigenvalue weighted by Gasteiger charge is -2.31. The molecule has 0 saturated carbocycles. The van der Waals surface area contributed by atoms with Gasteiger partial charge >= 0.3 is 17.8 Å². The Bertz CT molecular complexity index is 1500. The van der Waals surface area contributed by atoms with Crippen LogP contribution in [0.4, 0.5) is 13.2 Å². The maximum absolute atomic E-state index is 13.5. The van der Waals surface area contributed by atoms with Gasteiger partial charge in [-0.3, -0.25) is 23.5 Å². The number of likely N-dealkylation sites (tertiary alicyclic amines) is 1. The molecule has 39 heavy (non-hydrogen) atoms. The lowest BCUT2D eigenvalue weighted by Crippen LogP contribution is -2.40. The van der Waals surface area contributed by atoms with E-state index in [0.29, 0.717) is 36.5 Å². The highest BCUT2D eigenvalue weighted by Gasteiger charge is 2.31. The molecule has 1 aliphatic rings. The van der Waals surface area contributed by atoms with Gasteiger partial charge in [-0.15, -0.1) is 11.3 Å². The number of fused-ring (bicyclic) bond motifs is 1. The molecule has 1 N–H and O–H groups in total. The van der Waals surface area contributed by atoms with Crippen LogP contribution >= 0.6 is 22.9 Å². The van der Waals surface area contributed by atoms with Crippen molar-refractivity contribution in [2.45, 2.75) is 58.3 Å². The summed E-state index contributed by atoms with van der Waals surface area (Å²) in [5.74, 6) is -1.33. The highest BCUT2D eigenvalue weighted by molar-refractivity contribution is 7.20. The molecule has 0 aliphatic carbocycles. The third kappa shape index (κ3) is 6.55. The fraction of sp³-hybridized carbons (Fsp3) is 0.462. The number of benzene rings is 1. The van der Waals surface area contributed by atoms with Crippen LogP contribution in [0, 0.1) is 12.8 Å². The molecule has 0 spiro atoms. The molecule has 2 aromatic heterocycles. The van der Waals surface area contributed by atoms with Crippen LogP contribution in [-0.2, 0) is 24.3 Å². The highest BCUT2D eigenvalue weighted by atomic mass is 35.5. The number of carbonyl (C=O) groups is 2. The van der Waals surface area contributed by atoms with Crippen LogP contribution in [0.2, 0.25) is 5.02 Å². The number of carboxylic acids is 1. The molecule has 1 saturated heterocycles. The topological polar surface area (TPSA) is 102 Å². The van der Waals surface area contributed by atoms with Crippen LogP contribution in [0.5, 0.6) is 0 Å². The smallest absolute Gasteiger partial charge is 0.390 e. The minimum absolute atomic E-state index is 0.0188. The number of nitrogens with zero attached hydrogens (tertiary/aromatic N) is 3. The normalized spacial score (nSPS) is 14.7. The Hall–Kier alpha value is -3.12. The zero-order chi connectivity index (χ0) is 28.5. The first-order valence-corrected chi connectivity index (χ1v) is 13.6. The van der Waals surface area contributed by atoms with Crippen molar-refractivity contribution in [1.29, 1.82) is 0 Å². The largest absolute Gasteiger partial charge is 0.481 e. The molecule has 1 amide bonds. The first-order valence-electron chi connectivity index (χ1n) is 12.4. The van der Waals surface area contributed by atoms with Gasteiger partial charge in [0.15, 0.2) is 0 Å². The van der Waals surface area contributed by atoms with Gasteiger partial charge in [-0.2, -0.15) is 13.2 Å². The van der Waals surface area contributed by atoms with Crippen molar-refractivity contribution >= 4 is 45.0 Å². The van der Waals surface area contributed by atoms with Gasteiger partial charge in [0.2, 0.25) is 0 Å². The number of aromatic nitrogens is 2. The third-order valence-corrected chi connectivity index (χ3v) is 8.56. The van der Waals surface area contributed by atoms with Crippen molar-refractivity contribution in [2.24, 2.45) is 5.92 Å². The molecule has 210 valence electrons. The van der Waals surface area contributed by atoms with E-state index >= 15 is 0 Å².